The van der Waals surface area contributed by atoms with Gasteiger partial charge in [-0.2, -0.15) is 0 Å². The molecule has 0 atom stereocenters. The first-order chi connectivity index (χ1) is 21.2. The molecule has 0 aliphatic rings. The van der Waals surface area contributed by atoms with E-state index in [9.17, 15) is 19.5 Å². The summed E-state index contributed by atoms with van der Waals surface area (Å²) < 4.78 is 5.43. The number of aromatic hydroxyl groups is 1. The first kappa shape index (κ1) is 40.1. The number of aromatic nitrogens is 3. The van der Waals surface area contributed by atoms with E-state index in [1.165, 1.54) is 0 Å². The molecule has 10 heteroatoms. The number of rotatable bonds is 12. The van der Waals surface area contributed by atoms with E-state index in [0.717, 1.165) is 22.8 Å². The van der Waals surface area contributed by atoms with Crippen LogP contribution in [0.5, 0.6) is 5.75 Å². The Morgan fingerprint density at radius 1 is 0.543 bits per heavy atom. The Hall–Kier alpha value is -3.95. The molecule has 258 valence electrons. The SMILES string of the molecule is CC(C)Nc1cc(C(=O)C(C)C)n(C)c1.CC(C)Nc1cc(C(=O)C(C)C)n(C)c1.CC(C)Nc1cn(C)c(C(=O)C(C)C)c1O. The van der Waals surface area contributed by atoms with Gasteiger partial charge in [0.2, 0.25) is 0 Å². The molecule has 0 spiro atoms. The Morgan fingerprint density at radius 2 is 0.891 bits per heavy atom. The predicted molar refractivity (Wildman–Crippen MR) is 192 cm³/mol. The lowest BCUT2D eigenvalue weighted by atomic mass is 10.1. The van der Waals surface area contributed by atoms with Crippen molar-refractivity contribution >= 4 is 34.4 Å². The number of hydrogen-bond donors (Lipinski definition) is 4. The van der Waals surface area contributed by atoms with Gasteiger partial charge in [0, 0.05) is 75.6 Å². The Balaban J connectivity index is 0.000000345. The summed E-state index contributed by atoms with van der Waals surface area (Å²) in [7, 11) is 5.57. The zero-order valence-electron chi connectivity index (χ0n) is 30.9. The molecule has 0 radical (unpaired) electrons. The maximum absolute atomic E-state index is 11.9. The van der Waals surface area contributed by atoms with Gasteiger partial charge >= 0.3 is 0 Å². The van der Waals surface area contributed by atoms with Crippen molar-refractivity contribution in [2.45, 2.75) is 101 Å². The maximum Gasteiger partial charge on any atom is 0.185 e. The molecule has 0 unspecified atom stereocenters. The molecule has 3 aromatic heterocycles. The second kappa shape index (κ2) is 17.7. The van der Waals surface area contributed by atoms with Crippen LogP contribution in [-0.4, -0.2) is 54.3 Å². The molecule has 0 aliphatic heterocycles. The lowest BCUT2D eigenvalue weighted by molar-refractivity contribution is 0.0921. The molecule has 0 bridgehead atoms. The van der Waals surface area contributed by atoms with Gasteiger partial charge in [0.1, 0.15) is 5.69 Å². The van der Waals surface area contributed by atoms with Crippen LogP contribution in [-0.2, 0) is 21.1 Å². The number of Topliss-reactive ketones (excluding diaryl/α,β-unsaturated/α-hetero) is 3. The highest BCUT2D eigenvalue weighted by atomic mass is 16.3. The molecule has 0 aromatic carbocycles. The third-order valence-electron chi connectivity index (χ3n) is 6.83. The van der Waals surface area contributed by atoms with E-state index in [0.29, 0.717) is 23.5 Å². The third kappa shape index (κ3) is 11.8. The first-order valence-electron chi connectivity index (χ1n) is 16.3. The first-order valence-corrected chi connectivity index (χ1v) is 16.3. The third-order valence-corrected chi connectivity index (χ3v) is 6.83. The van der Waals surface area contributed by atoms with E-state index in [2.05, 4.69) is 43.6 Å². The standard InChI is InChI=1S/C12H20N2O2.2C12H20N2O/c1-7(2)11(15)10-12(16)9(6-14(10)5)13-8(3)4;2*1-8(2)12(15)11-6-10(7-14(11)5)13-9(3)4/h6-8,13,16H,1-5H3;2*6-9,13H,1-5H3. The Bertz CT molecular complexity index is 1370. The van der Waals surface area contributed by atoms with Gasteiger partial charge in [0.25, 0.3) is 0 Å². The molecule has 3 heterocycles. The minimum atomic E-state index is -0.119. The van der Waals surface area contributed by atoms with Gasteiger partial charge < -0.3 is 34.8 Å². The van der Waals surface area contributed by atoms with Crippen LogP contribution in [0.1, 0.15) is 115 Å². The number of ketones is 3. The van der Waals surface area contributed by atoms with Gasteiger partial charge in [-0.05, 0) is 53.7 Å². The molecule has 0 amide bonds. The number of nitrogens with one attached hydrogen (secondary N) is 3. The zero-order valence-corrected chi connectivity index (χ0v) is 30.9. The summed E-state index contributed by atoms with van der Waals surface area (Å²) >= 11 is 0. The van der Waals surface area contributed by atoms with Crippen LogP contribution in [0.2, 0.25) is 0 Å². The van der Waals surface area contributed by atoms with Gasteiger partial charge in [-0.15, -0.1) is 0 Å². The number of carbonyl (C=O) groups is 3. The Kier molecular flexibility index (Phi) is 15.4. The number of aryl methyl sites for hydroxylation is 3. The molecule has 3 aromatic rings. The van der Waals surface area contributed by atoms with Crippen molar-refractivity contribution in [1.29, 1.82) is 0 Å². The summed E-state index contributed by atoms with van der Waals surface area (Å²) in [6, 6.07) is 4.82. The van der Waals surface area contributed by atoms with E-state index in [-0.39, 0.29) is 46.9 Å². The Morgan fingerprint density at radius 3 is 1.20 bits per heavy atom. The number of hydrogen-bond acceptors (Lipinski definition) is 7. The molecule has 3 rings (SSSR count). The van der Waals surface area contributed by atoms with Crippen LogP contribution >= 0.6 is 0 Å². The fourth-order valence-electron chi connectivity index (χ4n) is 4.63. The van der Waals surface area contributed by atoms with Crippen LogP contribution in [0.15, 0.2) is 30.7 Å². The van der Waals surface area contributed by atoms with Crippen molar-refractivity contribution in [3.63, 3.8) is 0 Å². The fourth-order valence-corrected chi connectivity index (χ4v) is 4.63. The number of carbonyl (C=O) groups excluding carboxylic acids is 3. The van der Waals surface area contributed by atoms with Crippen molar-refractivity contribution < 1.29 is 19.5 Å². The summed E-state index contributed by atoms with van der Waals surface area (Å²) in [5.74, 6) is 0.359. The van der Waals surface area contributed by atoms with Gasteiger partial charge in [-0.3, -0.25) is 14.4 Å². The minimum Gasteiger partial charge on any atom is -0.504 e. The quantitative estimate of drug-likeness (QED) is 0.149. The molecule has 10 nitrogen and oxygen atoms in total. The van der Waals surface area contributed by atoms with Gasteiger partial charge in [0.15, 0.2) is 23.1 Å². The average Bonchev–Trinajstić information content (AvgIpc) is 3.55. The van der Waals surface area contributed by atoms with Crippen LogP contribution in [0.3, 0.4) is 0 Å². The molecule has 0 saturated heterocycles. The smallest absolute Gasteiger partial charge is 0.185 e. The number of anilines is 3. The van der Waals surface area contributed by atoms with E-state index in [1.807, 2.05) is 103 Å². The summed E-state index contributed by atoms with van der Waals surface area (Å²) in [4.78, 5) is 35.5. The lowest BCUT2D eigenvalue weighted by Gasteiger charge is -2.08. The van der Waals surface area contributed by atoms with Gasteiger partial charge in [-0.25, -0.2) is 0 Å². The molecule has 46 heavy (non-hydrogen) atoms. The van der Waals surface area contributed by atoms with E-state index < -0.39 is 0 Å². The number of nitrogens with zero attached hydrogens (tertiary/aromatic N) is 3. The molecule has 0 aliphatic carbocycles. The van der Waals surface area contributed by atoms with E-state index in [1.54, 1.807) is 17.8 Å². The van der Waals surface area contributed by atoms with E-state index in [4.69, 9.17) is 0 Å². The zero-order chi connectivity index (χ0) is 35.6. The topological polar surface area (TPSA) is 122 Å². The van der Waals surface area contributed by atoms with Crippen molar-refractivity contribution in [1.82, 2.24) is 13.7 Å². The lowest BCUT2D eigenvalue weighted by Crippen LogP contribution is -2.12. The predicted octanol–water partition coefficient (Wildman–Crippen LogP) is 7.76. The summed E-state index contributed by atoms with van der Waals surface area (Å²) in [6.45, 7) is 23.6. The maximum atomic E-state index is 11.9. The second-order valence-electron chi connectivity index (χ2n) is 13.8. The molecule has 0 saturated carbocycles. The van der Waals surface area contributed by atoms with Crippen LogP contribution in [0.25, 0.3) is 0 Å². The van der Waals surface area contributed by atoms with Gasteiger partial charge in [0.05, 0.1) is 28.5 Å². The van der Waals surface area contributed by atoms with Crippen LogP contribution in [0.4, 0.5) is 17.1 Å². The monoisotopic (exact) mass is 640 g/mol. The minimum absolute atomic E-state index is 0.0446. The highest BCUT2D eigenvalue weighted by molar-refractivity contribution is 6.00. The van der Waals surface area contributed by atoms with Crippen LogP contribution < -0.4 is 16.0 Å². The highest BCUT2D eigenvalue weighted by Crippen LogP contribution is 2.31. The van der Waals surface area contributed by atoms with Crippen molar-refractivity contribution in [3.8, 4) is 5.75 Å². The summed E-state index contributed by atoms with van der Waals surface area (Å²) in [6.07, 6.45) is 5.65. The van der Waals surface area contributed by atoms with Crippen molar-refractivity contribution in [2.75, 3.05) is 16.0 Å². The fraction of sp³-hybridized carbons (Fsp3) is 0.583. The summed E-state index contributed by atoms with van der Waals surface area (Å²) in [5.41, 5.74) is 4.55. The molecular weight excluding hydrogens is 580 g/mol. The molecule has 4 N–H and O–H groups in total. The van der Waals surface area contributed by atoms with Gasteiger partial charge in [-0.1, -0.05) is 41.5 Å². The van der Waals surface area contributed by atoms with E-state index >= 15 is 0 Å². The van der Waals surface area contributed by atoms with Crippen molar-refractivity contribution in [3.05, 3.63) is 47.8 Å². The van der Waals surface area contributed by atoms with Crippen molar-refractivity contribution in [2.24, 2.45) is 38.9 Å². The van der Waals surface area contributed by atoms with Crippen LogP contribution in [0, 0.1) is 17.8 Å². The second-order valence-corrected chi connectivity index (χ2v) is 13.8. The largest absolute Gasteiger partial charge is 0.504 e. The molecule has 0 fully saturated rings. The normalized spacial score (nSPS) is 11.2. The Labute approximate surface area is 277 Å². The average molecular weight is 641 g/mol. The molecular formula is C36H60N6O4. The summed E-state index contributed by atoms with van der Waals surface area (Å²) in [5, 5.41) is 19.7. The highest BCUT2D eigenvalue weighted by Gasteiger charge is 2.22.